The number of amides is 1. The minimum atomic E-state index is -0.361. The number of carbonyl (C=O) groups excluding carboxylic acids is 2. The average molecular weight is 380 g/mol. The Morgan fingerprint density at radius 2 is 1.75 bits per heavy atom. The molecule has 0 bridgehead atoms. The van der Waals surface area contributed by atoms with Crippen LogP contribution in [0.15, 0.2) is 48.5 Å². The number of hydrogen-bond donors (Lipinski definition) is 0. The van der Waals surface area contributed by atoms with Crippen LogP contribution in [-0.2, 0) is 11.2 Å². The smallest absolute Gasteiger partial charge is 0.338 e. The zero-order valence-electron chi connectivity index (χ0n) is 16.7. The Morgan fingerprint density at radius 3 is 2.43 bits per heavy atom. The zero-order chi connectivity index (χ0) is 19.9. The van der Waals surface area contributed by atoms with E-state index in [1.54, 1.807) is 30.1 Å². The summed E-state index contributed by atoms with van der Waals surface area (Å²) in [6, 6.07) is 15.2. The minimum Gasteiger partial charge on any atom is -0.462 e. The lowest BCUT2D eigenvalue weighted by Gasteiger charge is -2.35. The molecule has 2 aromatic rings. The van der Waals surface area contributed by atoms with E-state index in [0.717, 1.165) is 37.1 Å². The molecule has 0 N–H and O–H groups in total. The van der Waals surface area contributed by atoms with Gasteiger partial charge in [0.2, 0.25) is 0 Å². The molecule has 1 saturated heterocycles. The van der Waals surface area contributed by atoms with Gasteiger partial charge < -0.3 is 4.74 Å². The number of carbonyl (C=O) groups is 2. The first-order valence-corrected chi connectivity index (χ1v) is 9.97. The van der Waals surface area contributed by atoms with Gasteiger partial charge in [0, 0.05) is 25.7 Å². The predicted octanol–water partition coefficient (Wildman–Crippen LogP) is 3.93. The van der Waals surface area contributed by atoms with Crippen LogP contribution in [0.25, 0.3) is 0 Å². The highest BCUT2D eigenvalue weighted by Gasteiger charge is 2.23. The molecule has 5 heteroatoms. The molecule has 0 aliphatic carbocycles. The van der Waals surface area contributed by atoms with Crippen LogP contribution in [0.1, 0.15) is 58.0 Å². The van der Waals surface area contributed by atoms with Crippen LogP contribution < -0.4 is 0 Å². The normalized spacial score (nSPS) is 14.5. The van der Waals surface area contributed by atoms with Crippen molar-refractivity contribution in [2.45, 2.75) is 32.6 Å². The minimum absolute atomic E-state index is 0.0387. The predicted molar refractivity (Wildman–Crippen MR) is 109 cm³/mol. The molecule has 148 valence electrons. The van der Waals surface area contributed by atoms with Gasteiger partial charge >= 0.3 is 5.97 Å². The van der Waals surface area contributed by atoms with Crippen LogP contribution in [0.4, 0.5) is 0 Å². The highest BCUT2D eigenvalue weighted by molar-refractivity contribution is 5.97. The molecular weight excluding hydrogens is 352 g/mol. The van der Waals surface area contributed by atoms with Gasteiger partial charge in [-0.1, -0.05) is 36.8 Å². The first-order chi connectivity index (χ1) is 13.6. The highest BCUT2D eigenvalue weighted by atomic mass is 16.5. The third kappa shape index (κ3) is 4.78. The van der Waals surface area contributed by atoms with E-state index in [4.69, 9.17) is 4.74 Å². The van der Waals surface area contributed by atoms with E-state index < -0.39 is 0 Å². The summed E-state index contributed by atoms with van der Waals surface area (Å²) in [6.07, 6.45) is 4.02. The molecule has 5 nitrogen and oxygen atoms in total. The van der Waals surface area contributed by atoms with Gasteiger partial charge in [-0.3, -0.25) is 9.80 Å². The molecule has 0 atom stereocenters. The molecule has 0 unspecified atom stereocenters. The standard InChI is InChI=1S/C23H28N2O3/c1-3-28-23(27)19-12-13-21(20(17-19)16-18-10-6-4-7-11-18)22(26)24(2)25-14-8-5-9-15-25/h4,6-7,10-13,17H,3,5,8-9,14-16H2,1-2H3. The van der Waals surface area contributed by atoms with Crippen molar-refractivity contribution in [2.24, 2.45) is 0 Å². The molecule has 1 heterocycles. The monoisotopic (exact) mass is 380 g/mol. The summed E-state index contributed by atoms with van der Waals surface area (Å²) in [7, 11) is 1.83. The lowest BCUT2D eigenvalue weighted by Crippen LogP contribution is -2.46. The van der Waals surface area contributed by atoms with Crippen molar-refractivity contribution in [3.8, 4) is 0 Å². The van der Waals surface area contributed by atoms with Crippen molar-refractivity contribution in [3.05, 3.63) is 70.8 Å². The van der Waals surface area contributed by atoms with Crippen LogP contribution in [0.3, 0.4) is 0 Å². The Labute approximate surface area is 166 Å². The number of nitrogens with zero attached hydrogens (tertiary/aromatic N) is 2. The van der Waals surface area contributed by atoms with Gasteiger partial charge in [-0.25, -0.2) is 9.80 Å². The Kier molecular flexibility index (Phi) is 6.82. The Bertz CT molecular complexity index is 814. The molecule has 1 amide bonds. The number of hydrazine groups is 1. The summed E-state index contributed by atoms with van der Waals surface area (Å²) in [5.74, 6) is -0.400. The number of esters is 1. The molecule has 0 aromatic heterocycles. The number of benzene rings is 2. The summed E-state index contributed by atoms with van der Waals surface area (Å²) < 4.78 is 5.13. The molecule has 0 saturated carbocycles. The molecule has 3 rings (SSSR count). The van der Waals surface area contributed by atoms with Gasteiger partial charge in [-0.15, -0.1) is 0 Å². The van der Waals surface area contributed by atoms with Gasteiger partial charge in [0.05, 0.1) is 12.2 Å². The van der Waals surface area contributed by atoms with E-state index in [0.29, 0.717) is 24.2 Å². The lowest BCUT2D eigenvalue weighted by molar-refractivity contribution is -0.00507. The van der Waals surface area contributed by atoms with Gasteiger partial charge in [-0.2, -0.15) is 0 Å². The molecule has 0 radical (unpaired) electrons. The fourth-order valence-corrected chi connectivity index (χ4v) is 3.59. The van der Waals surface area contributed by atoms with E-state index in [1.807, 2.05) is 37.4 Å². The molecule has 1 aliphatic rings. The zero-order valence-corrected chi connectivity index (χ0v) is 16.7. The first kappa shape index (κ1) is 20.1. The SMILES string of the molecule is CCOC(=O)c1ccc(C(=O)N(C)N2CCCCC2)c(Cc2ccccc2)c1. The Balaban J connectivity index is 1.91. The second-order valence-corrected chi connectivity index (χ2v) is 7.10. The van der Waals surface area contributed by atoms with Crippen LogP contribution in [0, 0.1) is 0 Å². The first-order valence-electron chi connectivity index (χ1n) is 9.97. The molecule has 2 aromatic carbocycles. The maximum atomic E-state index is 13.2. The molecule has 1 aliphatic heterocycles. The third-order valence-electron chi connectivity index (χ3n) is 5.13. The summed E-state index contributed by atoms with van der Waals surface area (Å²) in [4.78, 5) is 25.4. The topological polar surface area (TPSA) is 49.9 Å². The van der Waals surface area contributed by atoms with Crippen LogP contribution >= 0.6 is 0 Å². The Morgan fingerprint density at radius 1 is 1.04 bits per heavy atom. The summed E-state index contributed by atoms with van der Waals surface area (Å²) in [6.45, 7) is 3.91. The van der Waals surface area contributed by atoms with Crippen LogP contribution in [0.2, 0.25) is 0 Å². The van der Waals surface area contributed by atoms with Crippen molar-refractivity contribution < 1.29 is 14.3 Å². The highest BCUT2D eigenvalue weighted by Crippen LogP contribution is 2.21. The summed E-state index contributed by atoms with van der Waals surface area (Å²) in [5, 5.41) is 3.84. The third-order valence-corrected chi connectivity index (χ3v) is 5.13. The van der Waals surface area contributed by atoms with Crippen molar-refractivity contribution in [3.63, 3.8) is 0 Å². The molecule has 1 fully saturated rings. The quantitative estimate of drug-likeness (QED) is 0.713. The molecule has 28 heavy (non-hydrogen) atoms. The number of hydrogen-bond acceptors (Lipinski definition) is 4. The van der Waals surface area contributed by atoms with Crippen molar-refractivity contribution >= 4 is 11.9 Å². The van der Waals surface area contributed by atoms with Gasteiger partial charge in [-0.05, 0) is 55.5 Å². The fraction of sp³-hybridized carbons (Fsp3) is 0.391. The lowest BCUT2D eigenvalue weighted by atomic mass is 9.96. The van der Waals surface area contributed by atoms with Crippen molar-refractivity contribution in [1.82, 2.24) is 10.0 Å². The average Bonchev–Trinajstić information content (AvgIpc) is 2.74. The maximum absolute atomic E-state index is 13.2. The van der Waals surface area contributed by atoms with E-state index in [1.165, 1.54) is 6.42 Å². The number of rotatable bonds is 6. The maximum Gasteiger partial charge on any atom is 0.338 e. The van der Waals surface area contributed by atoms with Gasteiger partial charge in [0.15, 0.2) is 0 Å². The second-order valence-electron chi connectivity index (χ2n) is 7.10. The summed E-state index contributed by atoms with van der Waals surface area (Å²) in [5.41, 5.74) is 3.04. The fourth-order valence-electron chi connectivity index (χ4n) is 3.59. The van der Waals surface area contributed by atoms with Crippen LogP contribution in [-0.4, -0.2) is 48.6 Å². The number of piperidine rings is 1. The molecular formula is C23H28N2O3. The second kappa shape index (κ2) is 9.51. The van der Waals surface area contributed by atoms with E-state index >= 15 is 0 Å². The van der Waals surface area contributed by atoms with E-state index in [2.05, 4.69) is 5.01 Å². The summed E-state index contributed by atoms with van der Waals surface area (Å²) >= 11 is 0. The number of ether oxygens (including phenoxy) is 1. The van der Waals surface area contributed by atoms with E-state index in [-0.39, 0.29) is 11.9 Å². The van der Waals surface area contributed by atoms with Crippen molar-refractivity contribution in [2.75, 3.05) is 26.7 Å². The molecule has 0 spiro atoms. The van der Waals surface area contributed by atoms with Gasteiger partial charge in [0.1, 0.15) is 0 Å². The van der Waals surface area contributed by atoms with E-state index in [9.17, 15) is 9.59 Å². The Hall–Kier alpha value is -2.66. The largest absolute Gasteiger partial charge is 0.462 e. The van der Waals surface area contributed by atoms with Crippen molar-refractivity contribution in [1.29, 1.82) is 0 Å². The van der Waals surface area contributed by atoms with Gasteiger partial charge in [0.25, 0.3) is 5.91 Å². The van der Waals surface area contributed by atoms with Crippen LogP contribution in [0.5, 0.6) is 0 Å².